The molecule has 34 heavy (non-hydrogen) atoms. The van der Waals surface area contributed by atoms with Gasteiger partial charge >= 0.3 is 202 Å². The number of halogens is 2. The van der Waals surface area contributed by atoms with E-state index in [9.17, 15) is 0 Å². The van der Waals surface area contributed by atoms with Gasteiger partial charge in [-0.05, 0) is 0 Å². The molecule has 3 aliphatic carbocycles. The van der Waals surface area contributed by atoms with Gasteiger partial charge in [-0.3, -0.25) is 0 Å². The molecule has 0 atom stereocenters. The Morgan fingerprint density at radius 3 is 2.00 bits per heavy atom. The Bertz CT molecular complexity index is 1180. The van der Waals surface area contributed by atoms with Gasteiger partial charge in [0.1, 0.15) is 0 Å². The first-order valence-corrected chi connectivity index (χ1v) is 14.9. The molecule has 0 spiro atoms. The van der Waals surface area contributed by atoms with E-state index in [1.807, 2.05) is 3.81 Å². The van der Waals surface area contributed by atoms with E-state index in [-0.39, 0.29) is 35.6 Å². The molecule has 0 radical (unpaired) electrons. The van der Waals surface area contributed by atoms with Gasteiger partial charge in [-0.15, -0.1) is 0 Å². The summed E-state index contributed by atoms with van der Waals surface area (Å²) in [6.45, 7) is 14.2. The zero-order valence-electron chi connectivity index (χ0n) is 21.6. The largest absolute Gasteiger partial charge is 1.00 e. The molecule has 1 fully saturated rings. The molecule has 0 aliphatic heterocycles. The molecule has 0 amide bonds. The van der Waals surface area contributed by atoms with Crippen LogP contribution in [0.25, 0.3) is 11.1 Å². The van der Waals surface area contributed by atoms with Crippen LogP contribution >= 0.6 is 0 Å². The molecule has 180 valence electrons. The Kier molecular flexibility index (Phi) is 8.31. The van der Waals surface area contributed by atoms with Gasteiger partial charge in [0.15, 0.2) is 0 Å². The maximum Gasteiger partial charge on any atom is -1.00 e. The van der Waals surface area contributed by atoms with Gasteiger partial charge in [0, 0.05) is 0 Å². The Hall–Kier alpha value is -0.916. The number of allylic oxidation sites excluding steroid dienone is 4. The quantitative estimate of drug-likeness (QED) is 0.444. The van der Waals surface area contributed by atoms with E-state index in [0.717, 1.165) is 6.42 Å². The van der Waals surface area contributed by atoms with Crippen LogP contribution in [0.2, 0.25) is 0 Å². The first-order chi connectivity index (χ1) is 15.1. The van der Waals surface area contributed by atoms with Crippen molar-refractivity contribution in [3.05, 3.63) is 74.7 Å². The summed E-state index contributed by atoms with van der Waals surface area (Å²) in [6.07, 6.45) is 15.1. The molecule has 1 saturated carbocycles. The second kappa shape index (κ2) is 10.2. The van der Waals surface area contributed by atoms with Crippen LogP contribution in [0.15, 0.2) is 52.4 Å². The van der Waals surface area contributed by atoms with E-state index in [2.05, 4.69) is 90.1 Å². The molecule has 2 aromatic carbocycles. The fourth-order valence-corrected chi connectivity index (χ4v) is 11.1. The number of hydrogen-bond acceptors (Lipinski definition) is 0. The molecular weight excluding hydrogens is 491 g/mol. The van der Waals surface area contributed by atoms with Crippen LogP contribution in [0.1, 0.15) is 95.9 Å². The van der Waals surface area contributed by atoms with Gasteiger partial charge < -0.3 is 24.8 Å². The smallest absolute Gasteiger partial charge is 1.00 e. The molecule has 0 N–H and O–H groups in total. The van der Waals surface area contributed by atoms with E-state index in [4.69, 9.17) is 0 Å². The molecule has 0 bridgehead atoms. The van der Waals surface area contributed by atoms with E-state index in [1.165, 1.54) is 54.4 Å². The van der Waals surface area contributed by atoms with Crippen molar-refractivity contribution in [2.24, 2.45) is 0 Å². The van der Waals surface area contributed by atoms with Gasteiger partial charge in [-0.1, -0.05) is 0 Å². The Balaban J connectivity index is 0.00000162. The van der Waals surface area contributed by atoms with Crippen molar-refractivity contribution >= 4 is 7.68 Å². The molecule has 0 aromatic heterocycles. The van der Waals surface area contributed by atoms with Gasteiger partial charge in [0.25, 0.3) is 0 Å². The Morgan fingerprint density at radius 1 is 0.765 bits per heavy atom. The normalized spacial score (nSPS) is 16.3. The van der Waals surface area contributed by atoms with Gasteiger partial charge in [-0.2, -0.15) is 0 Å². The van der Waals surface area contributed by atoms with Crippen molar-refractivity contribution in [3.8, 4) is 11.1 Å². The second-order valence-electron chi connectivity index (χ2n) is 12.1. The zero-order chi connectivity index (χ0) is 22.7. The summed E-state index contributed by atoms with van der Waals surface area (Å²) in [5.74, 6) is 0. The predicted molar refractivity (Wildman–Crippen MR) is 137 cm³/mol. The number of fused-ring (bicyclic) bond motifs is 3. The maximum absolute atomic E-state index is 2.66. The topological polar surface area (TPSA) is 0 Å². The average Bonchev–Trinajstić information content (AvgIpc) is 3.48. The third-order valence-electron chi connectivity index (χ3n) is 7.67. The van der Waals surface area contributed by atoms with Gasteiger partial charge in [0.2, 0.25) is 0 Å². The number of rotatable bonds is 2. The van der Waals surface area contributed by atoms with Crippen LogP contribution in [-0.4, -0.2) is 3.81 Å². The van der Waals surface area contributed by atoms with Crippen molar-refractivity contribution in [2.45, 2.75) is 90.9 Å². The van der Waals surface area contributed by atoms with E-state index in [1.54, 1.807) is 18.9 Å². The summed E-state index contributed by atoms with van der Waals surface area (Å²) < 4.78 is 5.49. The summed E-state index contributed by atoms with van der Waals surface area (Å²) in [5, 5.41) is 0. The summed E-state index contributed by atoms with van der Waals surface area (Å²) in [5.41, 5.74) is 9.58. The van der Waals surface area contributed by atoms with Crippen molar-refractivity contribution in [1.82, 2.24) is 0 Å². The summed E-state index contributed by atoms with van der Waals surface area (Å²) in [6, 6.07) is 12.5. The Labute approximate surface area is 225 Å². The third-order valence-corrected chi connectivity index (χ3v) is 12.7. The van der Waals surface area contributed by atoms with Gasteiger partial charge in [-0.25, -0.2) is 0 Å². The first-order valence-electron chi connectivity index (χ1n) is 12.5. The van der Waals surface area contributed by atoms with E-state index < -0.39 is 17.4 Å². The minimum absolute atomic E-state index is 0. The molecule has 3 heteroatoms. The fourth-order valence-electron chi connectivity index (χ4n) is 5.67. The van der Waals surface area contributed by atoms with Crippen molar-refractivity contribution < 1.29 is 42.2 Å². The number of benzene rings is 2. The van der Waals surface area contributed by atoms with Crippen LogP contribution in [0, 0.1) is 0 Å². The van der Waals surface area contributed by atoms with Crippen molar-refractivity contribution in [3.63, 3.8) is 0 Å². The first kappa shape index (κ1) is 27.7. The molecule has 5 rings (SSSR count). The summed E-state index contributed by atoms with van der Waals surface area (Å²) in [7, 11) is 0. The average molecular weight is 529 g/mol. The predicted octanol–water partition coefficient (Wildman–Crippen LogP) is 1.69. The van der Waals surface area contributed by atoms with Crippen LogP contribution in [0.3, 0.4) is 0 Å². The second-order valence-corrected chi connectivity index (χ2v) is 16.2. The number of hydrogen-bond donors (Lipinski definition) is 0. The molecular formula is C31H38Cl2Ti. The minimum atomic E-state index is -1.66. The van der Waals surface area contributed by atoms with Crippen LogP contribution < -0.4 is 28.7 Å². The van der Waals surface area contributed by atoms with E-state index >= 15 is 0 Å². The molecule has 0 unspecified atom stereocenters. The maximum atomic E-state index is 2.66. The standard InChI is InChI=1S/C21H25.C5H8.C5H5.2ClH.Ti/c1-20(2,3)16-9-7-14-11-15-8-10-17(21(4,5)6)13-19(15)18(14)12-16;2*1-2-4-5-3-1;;;/h7,9-10,12-13H,11H2,1-6H3;1-4H2;1-3H,4H2;2*1H;/q;;;;;+2/p-2. The van der Waals surface area contributed by atoms with Crippen molar-refractivity contribution in [1.29, 1.82) is 0 Å². The third kappa shape index (κ3) is 5.13. The van der Waals surface area contributed by atoms with E-state index in [0.29, 0.717) is 0 Å². The molecule has 0 nitrogen and oxygen atoms in total. The van der Waals surface area contributed by atoms with Crippen LogP contribution in [0.5, 0.6) is 0 Å². The summed E-state index contributed by atoms with van der Waals surface area (Å²) >= 11 is -1.66. The Morgan fingerprint density at radius 2 is 1.41 bits per heavy atom. The molecule has 0 heterocycles. The minimum Gasteiger partial charge on any atom is -1.00 e. The van der Waals surface area contributed by atoms with Crippen LogP contribution in [-0.2, 0) is 34.7 Å². The van der Waals surface area contributed by atoms with Crippen LogP contribution in [0.4, 0.5) is 0 Å². The van der Waals surface area contributed by atoms with Gasteiger partial charge in [0.05, 0.1) is 0 Å². The molecule has 3 aliphatic rings. The monoisotopic (exact) mass is 528 g/mol. The zero-order valence-corrected chi connectivity index (χ0v) is 24.7. The fraction of sp³-hybridized carbons (Fsp3) is 0.452. The molecule has 2 aromatic rings. The molecule has 0 saturated heterocycles. The SMILES string of the molecule is CC(C)(C)c1ccc2c(c1)-c1cc(C(C)(C)C)c[c]([Ti+2]([C]3=CC=CC3)=[C]3CCCC3)c1C2.[Cl-].[Cl-]. The summed E-state index contributed by atoms with van der Waals surface area (Å²) in [4.78, 5) is 0. The van der Waals surface area contributed by atoms with Crippen molar-refractivity contribution in [2.75, 3.05) is 0 Å².